The summed E-state index contributed by atoms with van der Waals surface area (Å²) in [5.41, 5.74) is 6.29. The van der Waals surface area contributed by atoms with Gasteiger partial charge in [0.1, 0.15) is 21.2 Å². The molecule has 0 atom stereocenters. The summed E-state index contributed by atoms with van der Waals surface area (Å²) in [6.45, 7) is 0.0569. The minimum Gasteiger partial charge on any atom is -0.471 e. The van der Waals surface area contributed by atoms with E-state index in [1.807, 2.05) is 12.1 Å². The number of anilines is 1. The lowest BCUT2D eigenvalue weighted by Gasteiger charge is -2.10. The van der Waals surface area contributed by atoms with Crippen LogP contribution in [0.3, 0.4) is 0 Å². The monoisotopic (exact) mass is 597 g/mol. The fourth-order valence-electron chi connectivity index (χ4n) is 3.77. The molecule has 0 aliphatic heterocycles. The molecule has 2 amide bonds. The maximum absolute atomic E-state index is 13.6. The Hall–Kier alpha value is -4.16. The predicted molar refractivity (Wildman–Crippen MR) is 143 cm³/mol. The lowest BCUT2D eigenvalue weighted by atomic mass is 10.0. The number of benzene rings is 2. The second-order valence-corrected chi connectivity index (χ2v) is 9.95. The number of rotatable bonds is 8. The minimum atomic E-state index is -2.83. The number of primary amides is 1. The van der Waals surface area contributed by atoms with E-state index in [9.17, 15) is 18.4 Å². The van der Waals surface area contributed by atoms with Crippen molar-refractivity contribution in [2.24, 2.45) is 5.73 Å². The summed E-state index contributed by atoms with van der Waals surface area (Å²) in [6.07, 6.45) is -1.26. The number of pyridine rings is 1. The topological polar surface area (TPSA) is 112 Å². The van der Waals surface area contributed by atoms with Crippen LogP contribution in [0, 0.1) is 0 Å². The lowest BCUT2D eigenvalue weighted by Crippen LogP contribution is -2.17. The number of nitrogens with zero attached hydrogens (tertiary/aromatic N) is 3. The summed E-state index contributed by atoms with van der Waals surface area (Å²) in [7, 11) is 0. The number of alkyl halides is 2. The van der Waals surface area contributed by atoms with E-state index in [2.05, 4.69) is 31.3 Å². The molecule has 0 bridgehead atoms. The van der Waals surface area contributed by atoms with Gasteiger partial charge in [-0.05, 0) is 47.5 Å². The van der Waals surface area contributed by atoms with Gasteiger partial charge in [-0.3, -0.25) is 9.59 Å². The van der Waals surface area contributed by atoms with E-state index in [0.717, 1.165) is 15.8 Å². The summed E-state index contributed by atoms with van der Waals surface area (Å²) >= 11 is 4.20. The van der Waals surface area contributed by atoms with E-state index >= 15 is 0 Å². The van der Waals surface area contributed by atoms with Gasteiger partial charge in [0.2, 0.25) is 0 Å². The van der Waals surface area contributed by atoms with E-state index in [1.165, 1.54) is 16.8 Å². The van der Waals surface area contributed by atoms with Gasteiger partial charge in [-0.1, -0.05) is 46.3 Å². The van der Waals surface area contributed by atoms with Gasteiger partial charge in [-0.2, -0.15) is 5.10 Å². The molecule has 0 aliphatic carbocycles. The lowest BCUT2D eigenvalue weighted by molar-refractivity contribution is 0.100. The van der Waals surface area contributed by atoms with Crippen LogP contribution in [0.25, 0.3) is 21.3 Å². The highest BCUT2D eigenvalue weighted by molar-refractivity contribution is 9.10. The number of fused-ring (bicyclic) bond motifs is 1. The second-order valence-electron chi connectivity index (χ2n) is 8.03. The molecule has 12 heteroatoms. The first kappa shape index (κ1) is 25.5. The van der Waals surface area contributed by atoms with Gasteiger partial charge in [0.05, 0.1) is 5.69 Å². The number of amides is 2. The first-order valence-electron chi connectivity index (χ1n) is 11.1. The largest absolute Gasteiger partial charge is 0.471 e. The van der Waals surface area contributed by atoms with Gasteiger partial charge >= 0.3 is 0 Å². The molecule has 5 rings (SSSR count). The Morgan fingerprint density at radius 1 is 1.11 bits per heavy atom. The number of carbonyl (C=O) groups is 2. The molecule has 0 spiro atoms. The second kappa shape index (κ2) is 10.7. The van der Waals surface area contributed by atoms with Gasteiger partial charge in [0.15, 0.2) is 12.4 Å². The van der Waals surface area contributed by atoms with Crippen molar-refractivity contribution in [2.75, 3.05) is 5.32 Å². The Balaban J connectivity index is 1.49. The standard InChI is InChI=1S/C26H18BrF2N5O3S/c27-15-6-8-16(9-7-15)37-13-34-11-10-18(33-34)25(36)32-21-20-17(14-4-2-1-3-5-14)12-19(23(28)29)31-26(20)38-22(21)24(30)35/h1-12,23H,13H2,(H2,30,35)(H,32,36). The van der Waals surface area contributed by atoms with Crippen LogP contribution in [0.15, 0.2) is 77.4 Å². The third kappa shape index (κ3) is 5.27. The van der Waals surface area contributed by atoms with E-state index in [-0.39, 0.29) is 27.8 Å². The SMILES string of the molecule is NC(=O)c1sc2nc(C(F)F)cc(-c3ccccc3)c2c1NC(=O)c1ccn(COc2ccc(Br)cc2)n1. The zero-order chi connectivity index (χ0) is 26.8. The number of carbonyl (C=O) groups excluding carboxylic acids is 2. The number of hydrogen-bond donors (Lipinski definition) is 2. The highest BCUT2D eigenvalue weighted by Crippen LogP contribution is 2.42. The van der Waals surface area contributed by atoms with Gasteiger partial charge in [-0.15, -0.1) is 11.3 Å². The molecule has 0 fully saturated rings. The average Bonchev–Trinajstić information content (AvgIpc) is 3.53. The predicted octanol–water partition coefficient (Wildman–Crippen LogP) is 6.25. The molecule has 192 valence electrons. The molecule has 0 radical (unpaired) electrons. The van der Waals surface area contributed by atoms with E-state index < -0.39 is 23.9 Å². The van der Waals surface area contributed by atoms with Crippen LogP contribution in [0.5, 0.6) is 5.75 Å². The summed E-state index contributed by atoms with van der Waals surface area (Å²) in [4.78, 5) is 29.6. The fourth-order valence-corrected chi connectivity index (χ4v) is 5.05. The molecule has 0 saturated heterocycles. The molecule has 38 heavy (non-hydrogen) atoms. The Labute approximate surface area is 227 Å². The first-order valence-corrected chi connectivity index (χ1v) is 12.7. The van der Waals surface area contributed by atoms with Crippen molar-refractivity contribution in [1.29, 1.82) is 0 Å². The molecular formula is C26H18BrF2N5O3S. The number of ether oxygens (including phenoxy) is 1. The molecule has 5 aromatic rings. The summed E-state index contributed by atoms with van der Waals surface area (Å²) in [5, 5.41) is 7.28. The first-order chi connectivity index (χ1) is 18.3. The van der Waals surface area contributed by atoms with Crippen LogP contribution >= 0.6 is 27.3 Å². The molecule has 0 saturated carbocycles. The molecule has 3 N–H and O–H groups in total. The van der Waals surface area contributed by atoms with Gasteiger partial charge < -0.3 is 15.8 Å². The Morgan fingerprint density at radius 2 is 1.84 bits per heavy atom. The van der Waals surface area contributed by atoms with Gasteiger partial charge in [0, 0.05) is 16.1 Å². The van der Waals surface area contributed by atoms with Gasteiger partial charge in [-0.25, -0.2) is 18.4 Å². The van der Waals surface area contributed by atoms with E-state index in [4.69, 9.17) is 10.5 Å². The van der Waals surface area contributed by atoms with Crippen LogP contribution < -0.4 is 15.8 Å². The maximum atomic E-state index is 13.6. The van der Waals surface area contributed by atoms with E-state index in [0.29, 0.717) is 22.3 Å². The van der Waals surface area contributed by atoms with Crippen molar-refractivity contribution in [2.45, 2.75) is 13.2 Å². The molecule has 0 unspecified atom stereocenters. The minimum absolute atomic E-state index is 0.0116. The molecular weight excluding hydrogens is 580 g/mol. The number of nitrogens with one attached hydrogen (secondary N) is 1. The van der Waals surface area contributed by atoms with Crippen molar-refractivity contribution in [3.63, 3.8) is 0 Å². The molecule has 3 heterocycles. The Morgan fingerprint density at radius 3 is 2.53 bits per heavy atom. The van der Waals surface area contributed by atoms with Crippen LogP contribution in [-0.2, 0) is 6.73 Å². The van der Waals surface area contributed by atoms with Gasteiger partial charge in [0.25, 0.3) is 18.2 Å². The quantitative estimate of drug-likeness (QED) is 0.219. The highest BCUT2D eigenvalue weighted by atomic mass is 79.9. The zero-order valence-corrected chi connectivity index (χ0v) is 21.8. The van der Waals surface area contributed by atoms with Crippen LogP contribution in [0.4, 0.5) is 14.5 Å². The van der Waals surface area contributed by atoms with Crippen molar-refractivity contribution in [3.8, 4) is 16.9 Å². The number of thiophene rings is 1. The number of nitrogens with two attached hydrogens (primary N) is 1. The average molecular weight is 598 g/mol. The van der Waals surface area contributed by atoms with Crippen LogP contribution in [0.1, 0.15) is 32.3 Å². The van der Waals surface area contributed by atoms with Crippen LogP contribution in [0.2, 0.25) is 0 Å². The Kier molecular flexibility index (Phi) is 7.16. The fraction of sp³-hybridized carbons (Fsp3) is 0.0769. The maximum Gasteiger partial charge on any atom is 0.280 e. The number of aromatic nitrogens is 3. The molecule has 8 nitrogen and oxygen atoms in total. The number of halogens is 3. The van der Waals surface area contributed by atoms with E-state index in [1.54, 1.807) is 48.7 Å². The zero-order valence-electron chi connectivity index (χ0n) is 19.4. The molecule has 0 aliphatic rings. The van der Waals surface area contributed by atoms with Crippen molar-refractivity contribution in [1.82, 2.24) is 14.8 Å². The Bertz CT molecular complexity index is 1640. The van der Waals surface area contributed by atoms with Crippen LogP contribution in [-0.4, -0.2) is 26.6 Å². The third-order valence-corrected chi connectivity index (χ3v) is 7.13. The summed E-state index contributed by atoms with van der Waals surface area (Å²) in [6, 6.07) is 18.8. The summed E-state index contributed by atoms with van der Waals surface area (Å²) < 4.78 is 35.3. The molecule has 3 aromatic heterocycles. The molecule has 2 aromatic carbocycles. The van der Waals surface area contributed by atoms with Crippen molar-refractivity contribution >= 4 is 55.0 Å². The number of hydrogen-bond acceptors (Lipinski definition) is 6. The third-order valence-electron chi connectivity index (χ3n) is 5.50. The summed E-state index contributed by atoms with van der Waals surface area (Å²) in [5.74, 6) is -0.824. The van der Waals surface area contributed by atoms with Crippen molar-refractivity contribution in [3.05, 3.63) is 93.7 Å². The highest BCUT2D eigenvalue weighted by Gasteiger charge is 2.25. The van der Waals surface area contributed by atoms with Crippen molar-refractivity contribution < 1.29 is 23.1 Å². The smallest absolute Gasteiger partial charge is 0.280 e. The normalized spacial score (nSPS) is 11.2.